The number of methoxy groups -OCH3 is 1. The van der Waals surface area contributed by atoms with Crippen LogP contribution in [0.2, 0.25) is 0 Å². The number of allylic oxidation sites excluding steroid dienone is 1. The van der Waals surface area contributed by atoms with Crippen molar-refractivity contribution >= 4 is 17.5 Å². The standard InChI is InChI=1S/C18H22N2O5/c1-12-17(21)20(14-4-6-15(23-3)7-5-14)9-8-19(12)18(22)16-13(2)24-10-11-25-16/h4-7,12H,8-11H2,1-3H3. The van der Waals surface area contributed by atoms with Gasteiger partial charge in [-0.3, -0.25) is 9.59 Å². The second-order valence-electron chi connectivity index (χ2n) is 5.94. The minimum atomic E-state index is -0.575. The van der Waals surface area contributed by atoms with Crippen molar-refractivity contribution in [3.8, 4) is 5.75 Å². The molecule has 2 heterocycles. The number of nitrogens with zero attached hydrogens (tertiary/aromatic N) is 2. The van der Waals surface area contributed by atoms with Gasteiger partial charge in [0.25, 0.3) is 5.91 Å². The highest BCUT2D eigenvalue weighted by atomic mass is 16.6. The monoisotopic (exact) mass is 346 g/mol. The molecule has 1 fully saturated rings. The van der Waals surface area contributed by atoms with E-state index in [-0.39, 0.29) is 17.6 Å². The zero-order chi connectivity index (χ0) is 18.0. The molecule has 1 aromatic carbocycles. The van der Waals surface area contributed by atoms with Crippen LogP contribution in [0.1, 0.15) is 13.8 Å². The lowest BCUT2D eigenvalue weighted by Gasteiger charge is -2.39. The van der Waals surface area contributed by atoms with Crippen LogP contribution < -0.4 is 9.64 Å². The van der Waals surface area contributed by atoms with Gasteiger partial charge < -0.3 is 24.0 Å². The highest BCUT2D eigenvalue weighted by Crippen LogP contribution is 2.25. The van der Waals surface area contributed by atoms with Crippen molar-refractivity contribution in [3.05, 3.63) is 35.8 Å². The molecule has 0 spiro atoms. The van der Waals surface area contributed by atoms with Crippen molar-refractivity contribution in [2.45, 2.75) is 19.9 Å². The van der Waals surface area contributed by atoms with Crippen LogP contribution in [0.4, 0.5) is 5.69 Å². The fraction of sp³-hybridized carbons (Fsp3) is 0.444. The number of benzene rings is 1. The number of piperazine rings is 1. The zero-order valence-corrected chi connectivity index (χ0v) is 14.7. The summed E-state index contributed by atoms with van der Waals surface area (Å²) < 4.78 is 16.0. The Morgan fingerprint density at radius 1 is 1.16 bits per heavy atom. The van der Waals surface area contributed by atoms with E-state index < -0.39 is 6.04 Å². The van der Waals surface area contributed by atoms with Crippen LogP contribution in [-0.4, -0.2) is 56.2 Å². The molecule has 0 aromatic heterocycles. The number of amides is 2. The van der Waals surface area contributed by atoms with Crippen molar-refractivity contribution in [2.75, 3.05) is 38.3 Å². The summed E-state index contributed by atoms with van der Waals surface area (Å²) in [4.78, 5) is 28.7. The second-order valence-corrected chi connectivity index (χ2v) is 5.94. The summed E-state index contributed by atoms with van der Waals surface area (Å²) in [5.41, 5.74) is 0.789. The summed E-state index contributed by atoms with van der Waals surface area (Å²) in [5.74, 6) is 0.972. The van der Waals surface area contributed by atoms with Gasteiger partial charge >= 0.3 is 0 Å². The first-order chi connectivity index (χ1) is 12.0. The van der Waals surface area contributed by atoms with Crippen LogP contribution in [0.5, 0.6) is 5.75 Å². The molecule has 1 atom stereocenters. The molecule has 3 rings (SSSR count). The molecule has 2 amide bonds. The maximum absolute atomic E-state index is 12.8. The van der Waals surface area contributed by atoms with Gasteiger partial charge in [-0.25, -0.2) is 0 Å². The molecule has 0 radical (unpaired) electrons. The van der Waals surface area contributed by atoms with E-state index >= 15 is 0 Å². The van der Waals surface area contributed by atoms with Gasteiger partial charge in [-0.2, -0.15) is 0 Å². The SMILES string of the molecule is COc1ccc(N2CCN(C(=O)C3=C(C)OCCO3)C(C)C2=O)cc1. The van der Waals surface area contributed by atoms with E-state index in [0.29, 0.717) is 32.1 Å². The molecule has 1 saturated heterocycles. The van der Waals surface area contributed by atoms with E-state index in [0.717, 1.165) is 11.4 Å². The van der Waals surface area contributed by atoms with Gasteiger partial charge in [-0.05, 0) is 38.1 Å². The summed E-state index contributed by atoms with van der Waals surface area (Å²) >= 11 is 0. The first-order valence-corrected chi connectivity index (χ1v) is 8.26. The van der Waals surface area contributed by atoms with Gasteiger partial charge in [0.15, 0.2) is 0 Å². The highest BCUT2D eigenvalue weighted by Gasteiger charge is 2.37. The van der Waals surface area contributed by atoms with Crippen molar-refractivity contribution in [3.63, 3.8) is 0 Å². The third-order valence-electron chi connectivity index (χ3n) is 4.46. The minimum Gasteiger partial charge on any atom is -0.497 e. The van der Waals surface area contributed by atoms with E-state index in [2.05, 4.69) is 0 Å². The Balaban J connectivity index is 1.75. The molecule has 134 valence electrons. The van der Waals surface area contributed by atoms with E-state index in [4.69, 9.17) is 14.2 Å². The molecule has 25 heavy (non-hydrogen) atoms. The average Bonchev–Trinajstić information content (AvgIpc) is 2.64. The molecule has 0 N–H and O–H groups in total. The average molecular weight is 346 g/mol. The summed E-state index contributed by atoms with van der Waals surface area (Å²) in [7, 11) is 1.60. The summed E-state index contributed by atoms with van der Waals surface area (Å²) in [6.45, 7) is 5.06. The van der Waals surface area contributed by atoms with Gasteiger partial charge in [0.2, 0.25) is 11.7 Å². The van der Waals surface area contributed by atoms with Crippen LogP contribution in [0, 0.1) is 0 Å². The van der Waals surface area contributed by atoms with Gasteiger partial charge in [0.05, 0.1) is 7.11 Å². The lowest BCUT2D eigenvalue weighted by molar-refractivity contribution is -0.141. The normalized spacial score (nSPS) is 20.9. The lowest BCUT2D eigenvalue weighted by atomic mass is 10.1. The van der Waals surface area contributed by atoms with E-state index in [9.17, 15) is 9.59 Å². The van der Waals surface area contributed by atoms with Crippen LogP contribution in [-0.2, 0) is 19.1 Å². The number of carbonyl (C=O) groups excluding carboxylic acids is 2. The molecule has 0 saturated carbocycles. The fourth-order valence-electron chi connectivity index (χ4n) is 3.01. The highest BCUT2D eigenvalue weighted by molar-refractivity contribution is 6.02. The summed E-state index contributed by atoms with van der Waals surface area (Å²) in [6, 6.07) is 6.73. The van der Waals surface area contributed by atoms with E-state index in [1.807, 2.05) is 24.3 Å². The molecule has 2 aliphatic heterocycles. The number of hydrogen-bond donors (Lipinski definition) is 0. The van der Waals surface area contributed by atoms with Crippen molar-refractivity contribution < 1.29 is 23.8 Å². The van der Waals surface area contributed by atoms with Gasteiger partial charge in [-0.15, -0.1) is 0 Å². The summed E-state index contributed by atoms with van der Waals surface area (Å²) in [6.07, 6.45) is 0. The number of anilines is 1. The zero-order valence-electron chi connectivity index (χ0n) is 14.7. The number of ether oxygens (including phenoxy) is 3. The Hall–Kier alpha value is -2.70. The van der Waals surface area contributed by atoms with Gasteiger partial charge in [-0.1, -0.05) is 0 Å². The first-order valence-electron chi connectivity index (χ1n) is 8.26. The van der Waals surface area contributed by atoms with Crippen molar-refractivity contribution in [1.29, 1.82) is 0 Å². The van der Waals surface area contributed by atoms with Crippen LogP contribution in [0.3, 0.4) is 0 Å². The molecule has 1 unspecified atom stereocenters. The number of rotatable bonds is 3. The molecular weight excluding hydrogens is 324 g/mol. The van der Waals surface area contributed by atoms with Crippen LogP contribution in [0.15, 0.2) is 35.8 Å². The molecule has 0 aliphatic carbocycles. The van der Waals surface area contributed by atoms with Gasteiger partial charge in [0.1, 0.15) is 30.8 Å². The predicted octanol–water partition coefficient (Wildman–Crippen LogP) is 1.54. The fourth-order valence-corrected chi connectivity index (χ4v) is 3.01. The molecule has 0 bridgehead atoms. The smallest absolute Gasteiger partial charge is 0.293 e. The maximum atomic E-state index is 12.8. The summed E-state index contributed by atoms with van der Waals surface area (Å²) in [5, 5.41) is 0. The Morgan fingerprint density at radius 3 is 2.48 bits per heavy atom. The molecule has 2 aliphatic rings. The Morgan fingerprint density at radius 2 is 1.84 bits per heavy atom. The lowest BCUT2D eigenvalue weighted by Crippen LogP contribution is -2.58. The molecule has 7 heteroatoms. The molecular formula is C18H22N2O5. The molecule has 7 nitrogen and oxygen atoms in total. The topological polar surface area (TPSA) is 68.3 Å². The second kappa shape index (κ2) is 7.04. The predicted molar refractivity (Wildman–Crippen MR) is 91.1 cm³/mol. The largest absolute Gasteiger partial charge is 0.497 e. The van der Waals surface area contributed by atoms with Crippen molar-refractivity contribution in [1.82, 2.24) is 4.90 Å². The first kappa shape index (κ1) is 17.1. The Bertz CT molecular complexity index is 698. The van der Waals surface area contributed by atoms with Gasteiger partial charge in [0, 0.05) is 18.8 Å². The quantitative estimate of drug-likeness (QED) is 0.830. The maximum Gasteiger partial charge on any atom is 0.293 e. The number of carbonyl (C=O) groups is 2. The van der Waals surface area contributed by atoms with E-state index in [1.165, 1.54) is 4.90 Å². The third kappa shape index (κ3) is 3.26. The third-order valence-corrected chi connectivity index (χ3v) is 4.46. The van der Waals surface area contributed by atoms with Crippen molar-refractivity contribution in [2.24, 2.45) is 0 Å². The van der Waals surface area contributed by atoms with Crippen LogP contribution in [0.25, 0.3) is 0 Å². The minimum absolute atomic E-state index is 0.125. The van der Waals surface area contributed by atoms with Crippen LogP contribution >= 0.6 is 0 Å². The Labute approximate surface area is 146 Å². The van der Waals surface area contributed by atoms with E-state index in [1.54, 1.807) is 25.9 Å². The Kier molecular flexibility index (Phi) is 4.83. The molecule has 1 aromatic rings. The number of hydrogen-bond acceptors (Lipinski definition) is 5.